The number of nitrogens with zero attached hydrogens (tertiary/aromatic N) is 4. The average Bonchev–Trinajstić information content (AvgIpc) is 3.18. The van der Waals surface area contributed by atoms with Crippen molar-refractivity contribution < 1.29 is 0 Å². The summed E-state index contributed by atoms with van der Waals surface area (Å²) in [4.78, 5) is 2.36. The van der Waals surface area contributed by atoms with Crippen molar-refractivity contribution in [3.8, 4) is 0 Å². The van der Waals surface area contributed by atoms with Gasteiger partial charge >= 0.3 is 0 Å². The first-order valence-electron chi connectivity index (χ1n) is 10.8. The van der Waals surface area contributed by atoms with Gasteiger partial charge in [-0.2, -0.15) is 5.11 Å². The Morgan fingerprint density at radius 1 is 0.806 bits per heavy atom. The molecule has 1 spiro atoms. The fourth-order valence-electron chi connectivity index (χ4n) is 4.91. The highest BCUT2D eigenvalue weighted by molar-refractivity contribution is 5.91. The van der Waals surface area contributed by atoms with Crippen molar-refractivity contribution in [2.24, 2.45) is 15.8 Å². The van der Waals surface area contributed by atoms with E-state index in [4.69, 9.17) is 10.3 Å². The maximum absolute atomic E-state index is 4.86. The molecule has 2 atom stereocenters. The summed E-state index contributed by atoms with van der Waals surface area (Å²) in [6.45, 7) is 6.74. The second kappa shape index (κ2) is 7.09. The predicted molar refractivity (Wildman–Crippen MR) is 128 cm³/mol. The SMILES string of the molecule is CN1c2ccccc2C(c2ccccc2)=C[C@@]12[C@@H](C(C)(C)C)N=NN2c1ccccc1. The number of para-hydroxylation sites is 2. The maximum Gasteiger partial charge on any atom is 0.180 e. The Balaban J connectivity index is 1.81. The molecule has 0 aromatic heterocycles. The molecular formula is C27H28N4. The third-order valence-electron chi connectivity index (χ3n) is 6.35. The van der Waals surface area contributed by atoms with Gasteiger partial charge in [0.2, 0.25) is 0 Å². The highest BCUT2D eigenvalue weighted by Crippen LogP contribution is 2.51. The van der Waals surface area contributed by atoms with Crippen molar-refractivity contribution in [1.82, 2.24) is 0 Å². The molecule has 0 saturated heterocycles. The molecule has 156 valence electrons. The van der Waals surface area contributed by atoms with Crippen molar-refractivity contribution in [3.05, 3.63) is 102 Å². The third kappa shape index (κ3) is 2.97. The predicted octanol–water partition coefficient (Wildman–Crippen LogP) is 6.57. The molecule has 2 heterocycles. The number of hydrogen-bond donors (Lipinski definition) is 0. The minimum absolute atomic E-state index is 0.0581. The van der Waals surface area contributed by atoms with Crippen molar-refractivity contribution in [3.63, 3.8) is 0 Å². The quantitative estimate of drug-likeness (QED) is 0.480. The van der Waals surface area contributed by atoms with E-state index in [1.165, 1.54) is 22.4 Å². The number of hydrogen-bond acceptors (Lipinski definition) is 4. The molecule has 2 aliphatic heterocycles. The Morgan fingerprint density at radius 2 is 1.42 bits per heavy atom. The van der Waals surface area contributed by atoms with Gasteiger partial charge in [0.1, 0.15) is 6.04 Å². The van der Waals surface area contributed by atoms with E-state index >= 15 is 0 Å². The first kappa shape index (κ1) is 19.6. The van der Waals surface area contributed by atoms with E-state index in [1.807, 2.05) is 6.07 Å². The number of anilines is 2. The van der Waals surface area contributed by atoms with Gasteiger partial charge in [0.15, 0.2) is 5.66 Å². The summed E-state index contributed by atoms with van der Waals surface area (Å²) in [5, 5.41) is 11.7. The minimum atomic E-state index is -0.556. The minimum Gasteiger partial charge on any atom is -0.345 e. The van der Waals surface area contributed by atoms with Crippen LogP contribution >= 0.6 is 0 Å². The van der Waals surface area contributed by atoms with Crippen LogP contribution in [0.1, 0.15) is 31.9 Å². The summed E-state index contributed by atoms with van der Waals surface area (Å²) in [7, 11) is 2.17. The first-order chi connectivity index (χ1) is 14.9. The number of fused-ring (bicyclic) bond motifs is 1. The molecule has 4 nitrogen and oxygen atoms in total. The van der Waals surface area contributed by atoms with Gasteiger partial charge in [-0.05, 0) is 40.8 Å². The van der Waals surface area contributed by atoms with Crippen LogP contribution in [0.25, 0.3) is 5.57 Å². The summed E-state index contributed by atoms with van der Waals surface area (Å²) in [5.74, 6) is 0. The topological polar surface area (TPSA) is 31.2 Å². The molecule has 5 rings (SSSR count). The van der Waals surface area contributed by atoms with Gasteiger partial charge in [-0.1, -0.05) is 92.7 Å². The van der Waals surface area contributed by atoms with Gasteiger partial charge in [-0.25, -0.2) is 5.01 Å². The van der Waals surface area contributed by atoms with Gasteiger partial charge in [-0.15, -0.1) is 0 Å². The van der Waals surface area contributed by atoms with Crippen LogP contribution in [0.5, 0.6) is 0 Å². The lowest BCUT2D eigenvalue weighted by molar-refractivity contribution is 0.251. The van der Waals surface area contributed by atoms with Gasteiger partial charge < -0.3 is 4.90 Å². The van der Waals surface area contributed by atoms with Crippen LogP contribution in [-0.2, 0) is 0 Å². The molecule has 31 heavy (non-hydrogen) atoms. The van der Waals surface area contributed by atoms with Gasteiger partial charge in [0.05, 0.1) is 5.69 Å². The molecule has 4 heteroatoms. The first-order valence-corrected chi connectivity index (χ1v) is 10.8. The zero-order valence-electron chi connectivity index (χ0n) is 18.5. The normalized spacial score (nSPS) is 22.6. The van der Waals surface area contributed by atoms with Crippen LogP contribution in [0.3, 0.4) is 0 Å². The fourth-order valence-corrected chi connectivity index (χ4v) is 4.91. The largest absolute Gasteiger partial charge is 0.345 e. The van der Waals surface area contributed by atoms with E-state index in [0.29, 0.717) is 0 Å². The number of benzene rings is 3. The Hall–Kier alpha value is -3.40. The zero-order chi connectivity index (χ0) is 21.6. The van der Waals surface area contributed by atoms with E-state index in [1.54, 1.807) is 0 Å². The molecule has 0 N–H and O–H groups in total. The number of likely N-dealkylation sites (N-methyl/N-ethyl adjacent to an activating group) is 1. The maximum atomic E-state index is 4.86. The van der Waals surface area contributed by atoms with Crippen LogP contribution in [0.4, 0.5) is 11.4 Å². The van der Waals surface area contributed by atoms with Gasteiger partial charge in [0, 0.05) is 18.3 Å². The molecule has 2 aliphatic rings. The monoisotopic (exact) mass is 408 g/mol. The molecule has 0 unspecified atom stereocenters. The molecule has 0 saturated carbocycles. The van der Waals surface area contributed by atoms with Crippen LogP contribution in [-0.4, -0.2) is 18.8 Å². The lowest BCUT2D eigenvalue weighted by Gasteiger charge is -2.51. The Morgan fingerprint density at radius 3 is 2.10 bits per heavy atom. The summed E-state index contributed by atoms with van der Waals surface area (Å²) < 4.78 is 0. The van der Waals surface area contributed by atoms with Crippen LogP contribution < -0.4 is 9.91 Å². The molecular weight excluding hydrogens is 380 g/mol. The molecule has 0 radical (unpaired) electrons. The third-order valence-corrected chi connectivity index (χ3v) is 6.35. The second-order valence-corrected chi connectivity index (χ2v) is 9.40. The summed E-state index contributed by atoms with van der Waals surface area (Å²) in [5.41, 5.74) is 5.23. The van der Waals surface area contributed by atoms with E-state index in [-0.39, 0.29) is 11.5 Å². The van der Waals surface area contributed by atoms with E-state index in [2.05, 4.69) is 123 Å². The van der Waals surface area contributed by atoms with Crippen molar-refractivity contribution >= 4 is 16.9 Å². The highest BCUT2D eigenvalue weighted by Gasteiger charge is 2.57. The zero-order valence-corrected chi connectivity index (χ0v) is 18.5. The molecule has 3 aromatic carbocycles. The Bertz CT molecular complexity index is 1140. The van der Waals surface area contributed by atoms with E-state index < -0.39 is 5.66 Å². The van der Waals surface area contributed by atoms with Crippen LogP contribution in [0.15, 0.2) is 101 Å². The van der Waals surface area contributed by atoms with E-state index in [9.17, 15) is 0 Å². The highest BCUT2D eigenvalue weighted by atomic mass is 15.7. The summed E-state index contributed by atoms with van der Waals surface area (Å²) in [6, 6.07) is 29.6. The number of rotatable bonds is 2. The van der Waals surface area contributed by atoms with Gasteiger partial charge in [-0.3, -0.25) is 0 Å². The van der Waals surface area contributed by atoms with Crippen LogP contribution in [0.2, 0.25) is 0 Å². The molecule has 0 amide bonds. The second-order valence-electron chi connectivity index (χ2n) is 9.40. The Kier molecular flexibility index (Phi) is 4.47. The van der Waals surface area contributed by atoms with Crippen molar-refractivity contribution in [2.45, 2.75) is 32.5 Å². The van der Waals surface area contributed by atoms with E-state index in [0.717, 1.165) is 5.69 Å². The average molecular weight is 409 g/mol. The van der Waals surface area contributed by atoms with Crippen molar-refractivity contribution in [1.29, 1.82) is 0 Å². The molecule has 0 bridgehead atoms. The standard InChI is InChI=1S/C27H28N4/c1-26(2,3)25-27(31(29-28-25)21-15-9-6-10-16-21)19-23(20-13-7-5-8-14-20)22-17-11-12-18-24(22)30(27)4/h5-19,25H,1-4H3/t25-,27-/m1/s1. The molecule has 3 aromatic rings. The fraction of sp³-hybridized carbons (Fsp3) is 0.259. The van der Waals surface area contributed by atoms with Crippen LogP contribution in [0, 0.1) is 5.41 Å². The summed E-state index contributed by atoms with van der Waals surface area (Å²) >= 11 is 0. The smallest absolute Gasteiger partial charge is 0.180 e. The molecule has 0 fully saturated rings. The van der Waals surface area contributed by atoms with Gasteiger partial charge in [0.25, 0.3) is 0 Å². The molecule has 0 aliphatic carbocycles. The lowest BCUT2D eigenvalue weighted by Crippen LogP contribution is -2.65. The summed E-state index contributed by atoms with van der Waals surface area (Å²) in [6.07, 6.45) is 2.38. The Labute approximate surface area is 184 Å². The lowest BCUT2D eigenvalue weighted by atomic mass is 9.74. The van der Waals surface area contributed by atoms with Crippen molar-refractivity contribution in [2.75, 3.05) is 17.0 Å².